The van der Waals surface area contributed by atoms with E-state index in [1.54, 1.807) is 0 Å². The van der Waals surface area contributed by atoms with Gasteiger partial charge in [-0.3, -0.25) is 24.6 Å². The van der Waals surface area contributed by atoms with Gasteiger partial charge in [0, 0.05) is 13.2 Å². The van der Waals surface area contributed by atoms with Crippen molar-refractivity contribution < 1.29 is 19.2 Å². The van der Waals surface area contributed by atoms with Crippen LogP contribution in [0.25, 0.3) is 0 Å². The van der Waals surface area contributed by atoms with Crippen LogP contribution < -0.4 is 0 Å². The van der Waals surface area contributed by atoms with Crippen molar-refractivity contribution in [2.75, 3.05) is 20.3 Å². The minimum atomic E-state index is -0.663. The van der Waals surface area contributed by atoms with Crippen LogP contribution in [0.15, 0.2) is 18.2 Å². The molecule has 7 heteroatoms. The number of nitrogens with zero attached hydrogens (tertiary/aromatic N) is 2. The molecule has 1 aromatic rings. The molecule has 0 N–H and O–H groups in total. The van der Waals surface area contributed by atoms with E-state index in [1.807, 2.05) is 0 Å². The van der Waals surface area contributed by atoms with E-state index in [-0.39, 0.29) is 30.0 Å². The first kappa shape index (κ1) is 12.2. The molecule has 1 aliphatic rings. The molecule has 0 fully saturated rings. The van der Waals surface area contributed by atoms with Crippen molar-refractivity contribution in [2.45, 2.75) is 0 Å². The lowest BCUT2D eigenvalue weighted by Gasteiger charge is -2.12. The first-order chi connectivity index (χ1) is 8.57. The van der Waals surface area contributed by atoms with Crippen LogP contribution in [0.3, 0.4) is 0 Å². The second-order valence-corrected chi connectivity index (χ2v) is 3.71. The number of nitro benzene ring substituents is 1. The molecule has 1 aliphatic heterocycles. The first-order valence-corrected chi connectivity index (χ1v) is 5.20. The Morgan fingerprint density at radius 2 is 2.06 bits per heavy atom. The van der Waals surface area contributed by atoms with E-state index < -0.39 is 16.7 Å². The Bertz CT molecular complexity index is 540. The van der Waals surface area contributed by atoms with Crippen molar-refractivity contribution in [2.24, 2.45) is 0 Å². The zero-order valence-corrected chi connectivity index (χ0v) is 9.58. The average molecular weight is 250 g/mol. The zero-order chi connectivity index (χ0) is 13.3. The third kappa shape index (κ3) is 1.74. The largest absolute Gasteiger partial charge is 0.383 e. The Kier molecular flexibility index (Phi) is 3.07. The van der Waals surface area contributed by atoms with Crippen molar-refractivity contribution in [3.8, 4) is 0 Å². The highest BCUT2D eigenvalue weighted by Gasteiger charge is 2.40. The normalized spacial score (nSPS) is 13.9. The summed E-state index contributed by atoms with van der Waals surface area (Å²) in [6.07, 6.45) is 0. The number of carbonyl (C=O) groups excluding carboxylic acids is 2. The van der Waals surface area contributed by atoms with Gasteiger partial charge in [0.15, 0.2) is 0 Å². The number of benzene rings is 1. The van der Waals surface area contributed by atoms with E-state index in [1.165, 1.54) is 25.3 Å². The van der Waals surface area contributed by atoms with E-state index in [0.717, 1.165) is 4.90 Å². The van der Waals surface area contributed by atoms with Gasteiger partial charge in [-0.05, 0) is 6.07 Å². The lowest BCUT2D eigenvalue weighted by Crippen LogP contribution is -2.32. The highest BCUT2D eigenvalue weighted by Crippen LogP contribution is 2.30. The smallest absolute Gasteiger partial charge is 0.282 e. The van der Waals surface area contributed by atoms with Gasteiger partial charge in [0.1, 0.15) is 5.56 Å². The van der Waals surface area contributed by atoms with Crippen LogP contribution in [-0.4, -0.2) is 41.9 Å². The number of imide groups is 1. The minimum absolute atomic E-state index is 0.0744. The number of carbonyl (C=O) groups is 2. The summed E-state index contributed by atoms with van der Waals surface area (Å²) in [5.74, 6) is -1.16. The van der Waals surface area contributed by atoms with Crippen LogP contribution in [0, 0.1) is 10.1 Å². The van der Waals surface area contributed by atoms with Gasteiger partial charge in [-0.15, -0.1) is 0 Å². The van der Waals surface area contributed by atoms with E-state index in [0.29, 0.717) is 0 Å². The molecule has 0 bridgehead atoms. The predicted molar refractivity (Wildman–Crippen MR) is 60.3 cm³/mol. The summed E-state index contributed by atoms with van der Waals surface area (Å²) < 4.78 is 4.80. The summed E-state index contributed by atoms with van der Waals surface area (Å²) in [5, 5.41) is 10.8. The molecule has 0 aromatic heterocycles. The van der Waals surface area contributed by atoms with Crippen LogP contribution >= 0.6 is 0 Å². The van der Waals surface area contributed by atoms with Crippen molar-refractivity contribution in [3.63, 3.8) is 0 Å². The Labute approximate surface area is 102 Å². The molecule has 0 saturated carbocycles. The van der Waals surface area contributed by atoms with Gasteiger partial charge in [-0.2, -0.15) is 0 Å². The minimum Gasteiger partial charge on any atom is -0.383 e. The molecule has 94 valence electrons. The summed E-state index contributed by atoms with van der Waals surface area (Å²) in [6, 6.07) is 4.02. The van der Waals surface area contributed by atoms with E-state index in [9.17, 15) is 19.7 Å². The molecule has 0 unspecified atom stereocenters. The monoisotopic (exact) mass is 250 g/mol. The van der Waals surface area contributed by atoms with Crippen LogP contribution in [0.1, 0.15) is 20.7 Å². The fourth-order valence-corrected chi connectivity index (χ4v) is 1.85. The Balaban J connectivity index is 2.45. The van der Waals surface area contributed by atoms with Crippen molar-refractivity contribution in [1.29, 1.82) is 0 Å². The molecular weight excluding hydrogens is 240 g/mol. The molecule has 0 saturated heterocycles. The molecule has 7 nitrogen and oxygen atoms in total. The topological polar surface area (TPSA) is 89.8 Å². The van der Waals surface area contributed by atoms with E-state index >= 15 is 0 Å². The highest BCUT2D eigenvalue weighted by atomic mass is 16.6. The maximum absolute atomic E-state index is 12.0. The van der Waals surface area contributed by atoms with E-state index in [2.05, 4.69) is 0 Å². The molecule has 18 heavy (non-hydrogen) atoms. The molecular formula is C11H10N2O5. The number of nitro groups is 1. The third-order valence-corrected chi connectivity index (χ3v) is 2.69. The summed E-state index contributed by atoms with van der Waals surface area (Å²) in [6.45, 7) is 0.277. The molecule has 0 atom stereocenters. The van der Waals surface area contributed by atoms with Crippen molar-refractivity contribution in [1.82, 2.24) is 4.90 Å². The number of rotatable bonds is 4. The number of hydrogen-bond donors (Lipinski definition) is 0. The summed E-state index contributed by atoms with van der Waals surface area (Å²) in [4.78, 5) is 35.0. The molecule has 1 aromatic carbocycles. The fraction of sp³-hybridized carbons (Fsp3) is 0.273. The number of hydrogen-bond acceptors (Lipinski definition) is 5. The summed E-state index contributed by atoms with van der Waals surface area (Å²) in [5.41, 5.74) is -0.403. The third-order valence-electron chi connectivity index (χ3n) is 2.69. The number of fused-ring (bicyclic) bond motifs is 1. The molecule has 0 radical (unpaired) electrons. The van der Waals surface area contributed by atoms with Crippen LogP contribution in [0.5, 0.6) is 0 Å². The van der Waals surface area contributed by atoms with E-state index in [4.69, 9.17) is 4.74 Å². The molecule has 2 rings (SSSR count). The maximum Gasteiger partial charge on any atom is 0.282 e. The molecule has 1 heterocycles. The first-order valence-electron chi connectivity index (χ1n) is 5.20. The predicted octanol–water partition coefficient (Wildman–Crippen LogP) is 0.837. The lowest BCUT2D eigenvalue weighted by molar-refractivity contribution is -0.385. The standard InChI is InChI=1S/C11H10N2O5/c1-18-6-5-12-10(14)7-3-2-4-8(13(16)17)9(7)11(12)15/h2-4H,5-6H2,1H3. The number of amides is 2. The Morgan fingerprint density at radius 1 is 1.33 bits per heavy atom. The second-order valence-electron chi connectivity index (χ2n) is 3.71. The van der Waals surface area contributed by atoms with Crippen molar-refractivity contribution >= 4 is 17.5 Å². The molecule has 0 aliphatic carbocycles. The van der Waals surface area contributed by atoms with Crippen LogP contribution in [0.4, 0.5) is 5.69 Å². The fourth-order valence-electron chi connectivity index (χ4n) is 1.85. The Morgan fingerprint density at radius 3 is 2.67 bits per heavy atom. The SMILES string of the molecule is COCCN1C(=O)c2cccc([N+](=O)[O-])c2C1=O. The van der Waals surface area contributed by atoms with Crippen molar-refractivity contribution in [3.05, 3.63) is 39.4 Å². The zero-order valence-electron chi connectivity index (χ0n) is 9.58. The Hall–Kier alpha value is -2.28. The van der Waals surface area contributed by atoms with Gasteiger partial charge in [-0.1, -0.05) is 6.07 Å². The van der Waals surface area contributed by atoms with Crippen LogP contribution in [-0.2, 0) is 4.74 Å². The quantitative estimate of drug-likeness (QED) is 0.448. The van der Waals surface area contributed by atoms with Gasteiger partial charge in [0.25, 0.3) is 17.5 Å². The average Bonchev–Trinajstić information content (AvgIpc) is 2.60. The van der Waals surface area contributed by atoms with Gasteiger partial charge in [-0.25, -0.2) is 0 Å². The molecule has 2 amide bonds. The highest BCUT2D eigenvalue weighted by molar-refractivity contribution is 6.23. The van der Waals surface area contributed by atoms with Gasteiger partial charge < -0.3 is 4.74 Å². The van der Waals surface area contributed by atoms with Gasteiger partial charge >= 0.3 is 0 Å². The second kappa shape index (κ2) is 4.53. The van der Waals surface area contributed by atoms with Gasteiger partial charge in [0.05, 0.1) is 23.6 Å². The lowest BCUT2D eigenvalue weighted by atomic mass is 10.1. The number of methoxy groups -OCH3 is 1. The number of ether oxygens (including phenoxy) is 1. The van der Waals surface area contributed by atoms with Gasteiger partial charge in [0.2, 0.25) is 0 Å². The molecule has 0 spiro atoms. The summed E-state index contributed by atoms with van der Waals surface area (Å²) >= 11 is 0. The van der Waals surface area contributed by atoms with Crippen LogP contribution in [0.2, 0.25) is 0 Å². The summed E-state index contributed by atoms with van der Waals surface area (Å²) in [7, 11) is 1.45. The maximum atomic E-state index is 12.0.